The van der Waals surface area contributed by atoms with Crippen LogP contribution >= 0.6 is 12.2 Å². The molecule has 2 rings (SSSR count). The van der Waals surface area contributed by atoms with E-state index >= 15 is 0 Å². The molecule has 2 atom stereocenters. The van der Waals surface area contributed by atoms with Crippen LogP contribution in [-0.4, -0.2) is 41.6 Å². The van der Waals surface area contributed by atoms with E-state index in [1.165, 1.54) is 0 Å². The van der Waals surface area contributed by atoms with Gasteiger partial charge in [0, 0.05) is 23.9 Å². The number of nitrogens with one attached hydrogen (secondary N) is 2. The van der Waals surface area contributed by atoms with Crippen molar-refractivity contribution in [3.05, 3.63) is 71.8 Å². The molecule has 4 N–H and O–H groups in total. The van der Waals surface area contributed by atoms with E-state index in [0.717, 1.165) is 24.0 Å². The van der Waals surface area contributed by atoms with Crippen molar-refractivity contribution in [1.29, 1.82) is 0 Å². The Labute approximate surface area is 174 Å². The minimum atomic E-state index is -0.299. The summed E-state index contributed by atoms with van der Waals surface area (Å²) in [5.74, 6) is 0. The number of rotatable bonds is 10. The average Bonchev–Trinajstić information content (AvgIpc) is 2.74. The SMILES string of the molecule is CC(CO)(CCNC(=S)NCCC(C)(CO)c1ccccc1)c1ccccc1. The Kier molecular flexibility index (Phi) is 8.42. The molecule has 0 amide bonds. The van der Waals surface area contributed by atoms with E-state index < -0.39 is 0 Å². The maximum Gasteiger partial charge on any atom is 0.166 e. The van der Waals surface area contributed by atoms with Crippen LogP contribution in [0.25, 0.3) is 0 Å². The predicted molar refractivity (Wildman–Crippen MR) is 120 cm³/mol. The number of hydrogen-bond acceptors (Lipinski definition) is 3. The summed E-state index contributed by atoms with van der Waals surface area (Å²) in [4.78, 5) is 0. The summed E-state index contributed by atoms with van der Waals surface area (Å²) in [5, 5.41) is 26.8. The fourth-order valence-electron chi connectivity index (χ4n) is 3.28. The normalized spacial score (nSPS) is 15.3. The molecule has 2 aromatic carbocycles. The molecule has 0 saturated carbocycles. The molecular weight excluding hydrogens is 368 g/mol. The third-order valence-corrected chi connectivity index (χ3v) is 5.85. The highest BCUT2D eigenvalue weighted by Crippen LogP contribution is 2.27. The van der Waals surface area contributed by atoms with Crippen LogP contribution in [0.5, 0.6) is 0 Å². The topological polar surface area (TPSA) is 64.5 Å². The van der Waals surface area contributed by atoms with Crippen molar-refractivity contribution in [2.45, 2.75) is 37.5 Å². The molecule has 0 heterocycles. The molecule has 0 spiro atoms. The molecule has 0 saturated heterocycles. The molecule has 0 aliphatic rings. The van der Waals surface area contributed by atoms with E-state index in [1.54, 1.807) is 0 Å². The lowest BCUT2D eigenvalue weighted by atomic mass is 9.80. The highest BCUT2D eigenvalue weighted by molar-refractivity contribution is 7.80. The predicted octanol–water partition coefficient (Wildman–Crippen LogP) is 3.13. The Morgan fingerprint density at radius 2 is 1.11 bits per heavy atom. The summed E-state index contributed by atoms with van der Waals surface area (Å²) >= 11 is 5.39. The van der Waals surface area contributed by atoms with Crippen LogP contribution in [0.2, 0.25) is 0 Å². The standard InChI is InChI=1S/C23H32N2O2S/c1-22(17-26,19-9-5-3-6-10-19)13-15-24-21(28)25-16-14-23(2,18-27)20-11-7-4-8-12-20/h3-12,26-27H,13-18H2,1-2H3,(H2,24,25,28). The highest BCUT2D eigenvalue weighted by Gasteiger charge is 2.26. The molecule has 0 radical (unpaired) electrons. The number of benzene rings is 2. The van der Waals surface area contributed by atoms with Gasteiger partial charge in [0.2, 0.25) is 0 Å². The number of aliphatic hydroxyl groups excluding tert-OH is 2. The number of thiocarbonyl (C=S) groups is 1. The zero-order valence-corrected chi connectivity index (χ0v) is 17.6. The number of aliphatic hydroxyl groups is 2. The molecule has 0 fully saturated rings. The Morgan fingerprint density at radius 3 is 1.43 bits per heavy atom. The maximum atomic E-state index is 9.87. The van der Waals surface area contributed by atoms with E-state index in [4.69, 9.17) is 12.2 Å². The zero-order chi connectivity index (χ0) is 20.5. The summed E-state index contributed by atoms with van der Waals surface area (Å²) in [6.45, 7) is 5.65. The summed E-state index contributed by atoms with van der Waals surface area (Å²) < 4.78 is 0. The van der Waals surface area contributed by atoms with Gasteiger partial charge in [-0.15, -0.1) is 0 Å². The van der Waals surface area contributed by atoms with Crippen molar-refractivity contribution >= 4 is 17.3 Å². The van der Waals surface area contributed by atoms with Crippen molar-refractivity contribution in [1.82, 2.24) is 10.6 Å². The van der Waals surface area contributed by atoms with Crippen LogP contribution in [0.15, 0.2) is 60.7 Å². The summed E-state index contributed by atoms with van der Waals surface area (Å²) in [6.07, 6.45) is 1.54. The second kappa shape index (κ2) is 10.6. The van der Waals surface area contributed by atoms with Crippen LogP contribution in [0.3, 0.4) is 0 Å². The zero-order valence-electron chi connectivity index (χ0n) is 16.8. The number of hydrogen-bond donors (Lipinski definition) is 4. The summed E-state index contributed by atoms with van der Waals surface area (Å²) in [7, 11) is 0. The molecule has 0 bridgehead atoms. The van der Waals surface area contributed by atoms with Crippen molar-refractivity contribution < 1.29 is 10.2 Å². The lowest BCUT2D eigenvalue weighted by Crippen LogP contribution is -2.41. The van der Waals surface area contributed by atoms with Crippen LogP contribution in [0.1, 0.15) is 37.8 Å². The molecule has 0 aliphatic heterocycles. The van der Waals surface area contributed by atoms with Gasteiger partial charge in [0.05, 0.1) is 13.2 Å². The molecule has 0 aliphatic carbocycles. The van der Waals surface area contributed by atoms with Crippen LogP contribution in [0.4, 0.5) is 0 Å². The molecule has 4 nitrogen and oxygen atoms in total. The van der Waals surface area contributed by atoms with E-state index in [1.807, 2.05) is 60.7 Å². The fourth-order valence-corrected chi connectivity index (χ4v) is 3.48. The molecule has 28 heavy (non-hydrogen) atoms. The van der Waals surface area contributed by atoms with Crippen LogP contribution < -0.4 is 10.6 Å². The first kappa shape index (κ1) is 22.3. The van der Waals surface area contributed by atoms with Crippen molar-refractivity contribution in [3.8, 4) is 0 Å². The first-order valence-corrected chi connectivity index (χ1v) is 10.2. The third-order valence-electron chi connectivity index (χ3n) is 5.56. The van der Waals surface area contributed by atoms with Crippen molar-refractivity contribution in [2.24, 2.45) is 0 Å². The Morgan fingerprint density at radius 1 is 0.750 bits per heavy atom. The van der Waals surface area contributed by atoms with Gasteiger partial charge in [-0.2, -0.15) is 0 Å². The van der Waals surface area contributed by atoms with Crippen LogP contribution in [0, 0.1) is 0 Å². The Bertz CT molecular complexity index is 664. The van der Waals surface area contributed by atoms with Gasteiger partial charge >= 0.3 is 0 Å². The summed E-state index contributed by atoms with van der Waals surface area (Å²) in [5.41, 5.74) is 1.65. The van der Waals surface area contributed by atoms with Crippen LogP contribution in [-0.2, 0) is 10.8 Å². The lowest BCUT2D eigenvalue weighted by molar-refractivity contribution is 0.196. The molecule has 2 aromatic rings. The first-order valence-electron chi connectivity index (χ1n) is 9.78. The van der Waals surface area contributed by atoms with Gasteiger partial charge in [-0.05, 0) is 36.2 Å². The average molecular weight is 401 g/mol. The van der Waals surface area contributed by atoms with Gasteiger partial charge < -0.3 is 20.8 Å². The largest absolute Gasteiger partial charge is 0.395 e. The third kappa shape index (κ3) is 6.03. The maximum absolute atomic E-state index is 9.87. The van der Waals surface area contributed by atoms with Gasteiger partial charge in [0.25, 0.3) is 0 Å². The molecule has 5 heteroatoms. The molecule has 152 valence electrons. The Balaban J connectivity index is 1.78. The Hall–Kier alpha value is -1.95. The van der Waals surface area contributed by atoms with Gasteiger partial charge in [-0.25, -0.2) is 0 Å². The van der Waals surface area contributed by atoms with E-state index in [2.05, 4.69) is 24.5 Å². The quantitative estimate of drug-likeness (QED) is 0.462. The van der Waals surface area contributed by atoms with E-state index in [-0.39, 0.29) is 24.0 Å². The highest BCUT2D eigenvalue weighted by atomic mass is 32.1. The lowest BCUT2D eigenvalue weighted by Gasteiger charge is -2.29. The smallest absolute Gasteiger partial charge is 0.166 e. The van der Waals surface area contributed by atoms with E-state index in [0.29, 0.717) is 18.2 Å². The molecule has 2 unspecified atom stereocenters. The van der Waals surface area contributed by atoms with Gasteiger partial charge in [0.1, 0.15) is 0 Å². The minimum Gasteiger partial charge on any atom is -0.395 e. The summed E-state index contributed by atoms with van der Waals surface area (Å²) in [6, 6.07) is 20.1. The van der Waals surface area contributed by atoms with E-state index in [9.17, 15) is 10.2 Å². The van der Waals surface area contributed by atoms with Crippen molar-refractivity contribution in [2.75, 3.05) is 26.3 Å². The van der Waals surface area contributed by atoms with Crippen molar-refractivity contribution in [3.63, 3.8) is 0 Å². The first-order chi connectivity index (χ1) is 13.4. The molecule has 0 aromatic heterocycles. The van der Waals surface area contributed by atoms with Gasteiger partial charge in [-0.1, -0.05) is 74.5 Å². The fraction of sp³-hybridized carbons (Fsp3) is 0.435. The monoisotopic (exact) mass is 400 g/mol. The second-order valence-electron chi connectivity index (χ2n) is 7.85. The van der Waals surface area contributed by atoms with Gasteiger partial charge in [-0.3, -0.25) is 0 Å². The minimum absolute atomic E-state index is 0.0881. The van der Waals surface area contributed by atoms with Gasteiger partial charge in [0.15, 0.2) is 5.11 Å². The molecular formula is C23H32N2O2S. The second-order valence-corrected chi connectivity index (χ2v) is 8.26.